The first-order valence-electron chi connectivity index (χ1n) is 9.95. The molecular weight excluding hydrogens is 415 g/mol. The van der Waals surface area contributed by atoms with Crippen LogP contribution in [0.3, 0.4) is 0 Å². The number of amides is 2. The summed E-state index contributed by atoms with van der Waals surface area (Å²) in [6.45, 7) is 8.45. The fourth-order valence-electron chi connectivity index (χ4n) is 3.32. The van der Waals surface area contributed by atoms with Crippen LogP contribution in [0.15, 0.2) is 18.2 Å². The van der Waals surface area contributed by atoms with Crippen molar-refractivity contribution < 1.29 is 28.6 Å². The molecule has 0 radical (unpaired) electrons. The summed E-state index contributed by atoms with van der Waals surface area (Å²) in [5.74, 6) is -1.32. The van der Waals surface area contributed by atoms with E-state index in [1.54, 1.807) is 13.0 Å². The highest BCUT2D eigenvalue weighted by Crippen LogP contribution is 2.37. The zero-order chi connectivity index (χ0) is 22.5. The van der Waals surface area contributed by atoms with Gasteiger partial charge < -0.3 is 24.8 Å². The summed E-state index contributed by atoms with van der Waals surface area (Å²) in [5.41, 5.74) is 0.187. The molecule has 2 N–H and O–H groups in total. The van der Waals surface area contributed by atoms with Crippen LogP contribution in [-0.4, -0.2) is 61.0 Å². The van der Waals surface area contributed by atoms with Gasteiger partial charge in [-0.1, -0.05) is 38.4 Å². The maximum absolute atomic E-state index is 14.2. The van der Waals surface area contributed by atoms with Gasteiger partial charge in [0, 0.05) is 25.6 Å². The Kier molecular flexibility index (Phi) is 8.46. The first-order chi connectivity index (χ1) is 14.0. The lowest BCUT2D eigenvalue weighted by atomic mass is 9.88. The van der Waals surface area contributed by atoms with Gasteiger partial charge in [0.15, 0.2) is 0 Å². The van der Waals surface area contributed by atoms with Crippen molar-refractivity contribution in [2.75, 3.05) is 32.8 Å². The Morgan fingerprint density at radius 2 is 2.07 bits per heavy atom. The molecule has 0 aliphatic carbocycles. The molecule has 168 valence electrons. The lowest BCUT2D eigenvalue weighted by Crippen LogP contribution is -2.43. The van der Waals surface area contributed by atoms with E-state index in [1.807, 2.05) is 20.8 Å². The molecule has 9 heteroatoms. The van der Waals surface area contributed by atoms with Gasteiger partial charge in [-0.2, -0.15) is 0 Å². The normalized spacial score (nSPS) is 22.5. The van der Waals surface area contributed by atoms with Crippen LogP contribution in [0.25, 0.3) is 0 Å². The third-order valence-electron chi connectivity index (χ3n) is 5.09. The number of nitrogens with zero attached hydrogens (tertiary/aromatic N) is 1. The SMILES string of the molecule is CCOCC(=O)NC[C@@H]1CN(C(=O)O)CC(C(C)(C)C)O[C@H]1c1ccc(Cl)c(F)c1. The van der Waals surface area contributed by atoms with Crippen LogP contribution >= 0.6 is 11.6 Å². The molecule has 2 amide bonds. The van der Waals surface area contributed by atoms with E-state index in [1.165, 1.54) is 17.0 Å². The Balaban J connectivity index is 2.36. The second-order valence-corrected chi connectivity index (χ2v) is 8.88. The average Bonchev–Trinajstić information content (AvgIpc) is 2.87. The number of rotatable bonds is 6. The van der Waals surface area contributed by atoms with Crippen LogP contribution in [-0.2, 0) is 14.3 Å². The van der Waals surface area contributed by atoms with Gasteiger partial charge in [0.2, 0.25) is 5.91 Å². The summed E-state index contributed by atoms with van der Waals surface area (Å²) in [6.07, 6.45) is -2.12. The van der Waals surface area contributed by atoms with Gasteiger partial charge in [-0.25, -0.2) is 9.18 Å². The molecule has 1 aromatic carbocycles. The highest BCUT2D eigenvalue weighted by molar-refractivity contribution is 6.30. The minimum atomic E-state index is -1.07. The zero-order valence-electron chi connectivity index (χ0n) is 17.8. The second kappa shape index (κ2) is 10.4. The molecule has 0 bridgehead atoms. The average molecular weight is 445 g/mol. The number of hydrogen-bond donors (Lipinski definition) is 2. The van der Waals surface area contributed by atoms with Crippen LogP contribution in [0.1, 0.15) is 39.4 Å². The van der Waals surface area contributed by atoms with Crippen LogP contribution in [0, 0.1) is 17.2 Å². The predicted octanol–water partition coefficient (Wildman–Crippen LogP) is 3.71. The van der Waals surface area contributed by atoms with Crippen LogP contribution in [0.4, 0.5) is 9.18 Å². The molecule has 0 spiro atoms. The van der Waals surface area contributed by atoms with Crippen LogP contribution in [0.5, 0.6) is 0 Å². The number of carbonyl (C=O) groups is 2. The molecule has 0 aromatic heterocycles. The van der Waals surface area contributed by atoms with Crippen molar-refractivity contribution in [3.63, 3.8) is 0 Å². The molecule has 7 nitrogen and oxygen atoms in total. The Morgan fingerprint density at radius 1 is 1.37 bits per heavy atom. The third-order valence-corrected chi connectivity index (χ3v) is 5.39. The lowest BCUT2D eigenvalue weighted by Gasteiger charge is -2.34. The van der Waals surface area contributed by atoms with Gasteiger partial charge >= 0.3 is 6.09 Å². The molecule has 1 fully saturated rings. The van der Waals surface area contributed by atoms with E-state index in [4.69, 9.17) is 21.1 Å². The minimum Gasteiger partial charge on any atom is -0.465 e. The monoisotopic (exact) mass is 444 g/mol. The molecule has 1 saturated heterocycles. The van der Waals surface area contributed by atoms with E-state index in [-0.39, 0.29) is 42.6 Å². The van der Waals surface area contributed by atoms with E-state index in [0.717, 1.165) is 0 Å². The van der Waals surface area contributed by atoms with Gasteiger partial charge in [-0.05, 0) is 30.0 Å². The van der Waals surface area contributed by atoms with Gasteiger partial charge in [-0.15, -0.1) is 0 Å². The molecule has 3 atom stereocenters. The van der Waals surface area contributed by atoms with Gasteiger partial charge in [0.1, 0.15) is 12.4 Å². The highest BCUT2D eigenvalue weighted by Gasteiger charge is 2.40. The van der Waals surface area contributed by atoms with Crippen LogP contribution in [0.2, 0.25) is 5.02 Å². The Morgan fingerprint density at radius 3 is 2.63 bits per heavy atom. The molecular formula is C21H30ClFN2O5. The summed E-state index contributed by atoms with van der Waals surface area (Å²) in [5, 5.41) is 12.4. The molecule has 30 heavy (non-hydrogen) atoms. The topological polar surface area (TPSA) is 88.1 Å². The van der Waals surface area contributed by atoms with Crippen molar-refractivity contribution in [3.8, 4) is 0 Å². The van der Waals surface area contributed by atoms with E-state index >= 15 is 0 Å². The van der Waals surface area contributed by atoms with E-state index in [2.05, 4.69) is 5.32 Å². The summed E-state index contributed by atoms with van der Waals surface area (Å²) in [7, 11) is 0. The summed E-state index contributed by atoms with van der Waals surface area (Å²) >= 11 is 5.83. The van der Waals surface area contributed by atoms with Crippen molar-refractivity contribution in [2.45, 2.75) is 39.9 Å². The van der Waals surface area contributed by atoms with Crippen LogP contribution < -0.4 is 5.32 Å². The zero-order valence-corrected chi connectivity index (χ0v) is 18.5. The standard InChI is InChI=1S/C21H30ClFN2O5/c1-5-29-12-18(26)24-9-14-10-25(20(27)28)11-17(21(2,3)4)30-19(14)13-6-7-15(22)16(23)8-13/h6-8,14,17,19H,5,9-12H2,1-4H3,(H,24,26)(H,27,28)/t14-,17?,19+/m1/s1. The quantitative estimate of drug-likeness (QED) is 0.698. The molecule has 2 rings (SSSR count). The number of carbonyl (C=O) groups excluding carboxylic acids is 1. The fraction of sp³-hybridized carbons (Fsp3) is 0.619. The molecule has 1 unspecified atom stereocenters. The van der Waals surface area contributed by atoms with Gasteiger partial charge in [0.25, 0.3) is 0 Å². The summed E-state index contributed by atoms with van der Waals surface area (Å²) in [4.78, 5) is 25.2. The Bertz CT molecular complexity index is 755. The number of nitrogens with one attached hydrogen (secondary N) is 1. The van der Waals surface area contributed by atoms with Crippen molar-refractivity contribution in [1.82, 2.24) is 10.2 Å². The summed E-state index contributed by atoms with van der Waals surface area (Å²) < 4.78 is 25.6. The summed E-state index contributed by atoms with van der Waals surface area (Å²) in [6, 6.07) is 4.42. The van der Waals surface area contributed by atoms with Crippen molar-refractivity contribution in [3.05, 3.63) is 34.6 Å². The Hall–Kier alpha value is -1.90. The smallest absolute Gasteiger partial charge is 0.407 e. The maximum atomic E-state index is 14.2. The van der Waals surface area contributed by atoms with Gasteiger partial charge in [-0.3, -0.25) is 4.79 Å². The van der Waals surface area contributed by atoms with E-state index in [0.29, 0.717) is 12.2 Å². The fourth-order valence-corrected chi connectivity index (χ4v) is 3.44. The lowest BCUT2D eigenvalue weighted by molar-refractivity contribution is -0.126. The first kappa shape index (κ1) is 24.4. The number of halogens is 2. The Labute approximate surface area is 181 Å². The highest BCUT2D eigenvalue weighted by atomic mass is 35.5. The molecule has 1 aliphatic rings. The molecule has 1 aromatic rings. The first-order valence-corrected chi connectivity index (χ1v) is 10.3. The van der Waals surface area contributed by atoms with E-state index < -0.39 is 30.0 Å². The van der Waals surface area contributed by atoms with Gasteiger partial charge in [0.05, 0.1) is 23.8 Å². The second-order valence-electron chi connectivity index (χ2n) is 8.47. The molecule has 1 aliphatic heterocycles. The van der Waals surface area contributed by atoms with Crippen molar-refractivity contribution in [1.29, 1.82) is 0 Å². The maximum Gasteiger partial charge on any atom is 0.407 e. The van der Waals surface area contributed by atoms with Crippen molar-refractivity contribution >= 4 is 23.6 Å². The minimum absolute atomic E-state index is 0.00604. The number of hydrogen-bond acceptors (Lipinski definition) is 4. The van der Waals surface area contributed by atoms with Crippen molar-refractivity contribution in [2.24, 2.45) is 11.3 Å². The molecule has 0 saturated carbocycles. The third kappa shape index (κ3) is 6.55. The van der Waals surface area contributed by atoms with E-state index in [9.17, 15) is 19.1 Å². The number of carboxylic acid groups (broad SMARTS) is 1. The number of benzene rings is 1. The predicted molar refractivity (Wildman–Crippen MR) is 111 cm³/mol. The molecule has 1 heterocycles. The largest absolute Gasteiger partial charge is 0.465 e. The number of ether oxygens (including phenoxy) is 2.